The molecule has 0 amide bonds. The highest BCUT2D eigenvalue weighted by molar-refractivity contribution is 5.98. The first-order valence-electron chi connectivity index (χ1n) is 11.5. The van der Waals surface area contributed by atoms with Gasteiger partial charge in [-0.25, -0.2) is 13.8 Å². The molecule has 0 bridgehead atoms. The minimum Gasteiger partial charge on any atom is -0.382 e. The Hall–Kier alpha value is -4.66. The van der Waals surface area contributed by atoms with Gasteiger partial charge in [0, 0.05) is 29.6 Å². The maximum absolute atomic E-state index is 15.9. The number of rotatable bonds is 5. The van der Waals surface area contributed by atoms with Crippen LogP contribution in [0.1, 0.15) is 13.8 Å². The SMILES string of the molecule is CC(C)Nc1cncc(-c2ncc3[nH]nc(-c4nc5c(-c6cccc(F)c6)cccc5[nH]4)c3c2F)c1. The van der Waals surface area contributed by atoms with Crippen molar-refractivity contribution in [2.24, 2.45) is 0 Å². The van der Waals surface area contributed by atoms with Crippen LogP contribution in [-0.4, -0.2) is 36.2 Å². The van der Waals surface area contributed by atoms with E-state index in [9.17, 15) is 4.39 Å². The number of halogens is 2. The fourth-order valence-corrected chi connectivity index (χ4v) is 4.36. The largest absolute Gasteiger partial charge is 0.382 e. The molecule has 7 nitrogen and oxygen atoms in total. The second-order valence-electron chi connectivity index (χ2n) is 8.84. The highest BCUT2D eigenvalue weighted by Gasteiger charge is 2.21. The third kappa shape index (κ3) is 3.74. The van der Waals surface area contributed by atoms with Crippen LogP contribution in [0.3, 0.4) is 0 Å². The maximum Gasteiger partial charge on any atom is 0.161 e. The summed E-state index contributed by atoms with van der Waals surface area (Å²) in [5, 5.41) is 10.7. The van der Waals surface area contributed by atoms with Gasteiger partial charge in [-0.05, 0) is 43.7 Å². The van der Waals surface area contributed by atoms with Crippen molar-refractivity contribution in [3.8, 4) is 33.9 Å². The Labute approximate surface area is 204 Å². The number of imidazole rings is 1. The molecular formula is C27H21F2N7. The molecule has 0 saturated heterocycles. The quantitative estimate of drug-likeness (QED) is 0.268. The van der Waals surface area contributed by atoms with E-state index < -0.39 is 5.82 Å². The van der Waals surface area contributed by atoms with Gasteiger partial charge in [0.15, 0.2) is 11.6 Å². The van der Waals surface area contributed by atoms with Crippen LogP contribution < -0.4 is 5.32 Å². The lowest BCUT2D eigenvalue weighted by Crippen LogP contribution is -2.09. The van der Waals surface area contributed by atoms with Crippen LogP contribution in [0.2, 0.25) is 0 Å². The van der Waals surface area contributed by atoms with E-state index in [0.29, 0.717) is 33.7 Å². The smallest absolute Gasteiger partial charge is 0.161 e. The van der Waals surface area contributed by atoms with Gasteiger partial charge in [0.25, 0.3) is 0 Å². The molecule has 0 saturated carbocycles. The summed E-state index contributed by atoms with van der Waals surface area (Å²) < 4.78 is 29.8. The molecule has 0 fully saturated rings. The molecule has 36 heavy (non-hydrogen) atoms. The summed E-state index contributed by atoms with van der Waals surface area (Å²) in [6.07, 6.45) is 4.82. The Morgan fingerprint density at radius 2 is 1.75 bits per heavy atom. The number of hydrogen-bond donors (Lipinski definition) is 3. The van der Waals surface area contributed by atoms with E-state index in [0.717, 1.165) is 16.8 Å². The van der Waals surface area contributed by atoms with Crippen LogP contribution in [0, 0.1) is 11.6 Å². The van der Waals surface area contributed by atoms with Crippen LogP contribution in [0.25, 0.3) is 55.8 Å². The third-order valence-electron chi connectivity index (χ3n) is 5.88. The number of anilines is 1. The molecule has 2 aromatic carbocycles. The second kappa shape index (κ2) is 8.53. The molecule has 4 aromatic heterocycles. The van der Waals surface area contributed by atoms with Gasteiger partial charge >= 0.3 is 0 Å². The average molecular weight is 482 g/mol. The number of para-hydroxylation sites is 1. The van der Waals surface area contributed by atoms with Crippen molar-refractivity contribution < 1.29 is 8.78 Å². The van der Waals surface area contributed by atoms with Crippen LogP contribution in [0.5, 0.6) is 0 Å². The Morgan fingerprint density at radius 3 is 2.58 bits per heavy atom. The molecule has 0 aliphatic rings. The monoisotopic (exact) mass is 481 g/mol. The highest BCUT2D eigenvalue weighted by Crippen LogP contribution is 2.34. The van der Waals surface area contributed by atoms with E-state index in [1.807, 2.05) is 44.2 Å². The molecule has 6 rings (SSSR count). The molecule has 178 valence electrons. The highest BCUT2D eigenvalue weighted by atomic mass is 19.1. The first-order valence-corrected chi connectivity index (χ1v) is 11.5. The van der Waals surface area contributed by atoms with E-state index in [1.165, 1.54) is 12.1 Å². The van der Waals surface area contributed by atoms with Crippen LogP contribution in [-0.2, 0) is 0 Å². The molecule has 0 unspecified atom stereocenters. The predicted molar refractivity (Wildman–Crippen MR) is 136 cm³/mol. The summed E-state index contributed by atoms with van der Waals surface area (Å²) in [4.78, 5) is 16.5. The third-order valence-corrected chi connectivity index (χ3v) is 5.88. The van der Waals surface area contributed by atoms with Crippen molar-refractivity contribution in [1.29, 1.82) is 0 Å². The Balaban J connectivity index is 1.49. The van der Waals surface area contributed by atoms with Crippen molar-refractivity contribution in [2.45, 2.75) is 19.9 Å². The van der Waals surface area contributed by atoms with E-state index in [1.54, 1.807) is 24.7 Å². The lowest BCUT2D eigenvalue weighted by molar-refractivity contribution is 0.628. The maximum atomic E-state index is 15.9. The molecule has 9 heteroatoms. The zero-order valence-electron chi connectivity index (χ0n) is 19.5. The Morgan fingerprint density at radius 1 is 0.889 bits per heavy atom. The number of H-pyrrole nitrogens is 2. The van der Waals surface area contributed by atoms with Crippen molar-refractivity contribution in [1.82, 2.24) is 30.1 Å². The fourth-order valence-electron chi connectivity index (χ4n) is 4.36. The van der Waals surface area contributed by atoms with Gasteiger partial charge in [0.05, 0.1) is 33.8 Å². The minimum atomic E-state index is -0.523. The van der Waals surface area contributed by atoms with Gasteiger partial charge in [-0.3, -0.25) is 15.1 Å². The zero-order chi connectivity index (χ0) is 24.8. The van der Waals surface area contributed by atoms with Crippen LogP contribution in [0.4, 0.5) is 14.5 Å². The van der Waals surface area contributed by atoms with E-state index >= 15 is 4.39 Å². The Kier molecular flexibility index (Phi) is 5.18. The molecule has 4 heterocycles. The summed E-state index contributed by atoms with van der Waals surface area (Å²) in [5.41, 5.74) is 5.10. The van der Waals surface area contributed by atoms with Gasteiger partial charge < -0.3 is 10.3 Å². The van der Waals surface area contributed by atoms with E-state index in [-0.39, 0.29) is 22.9 Å². The van der Waals surface area contributed by atoms with Crippen molar-refractivity contribution in [3.05, 3.63) is 78.8 Å². The number of nitrogens with zero attached hydrogens (tertiary/aromatic N) is 4. The fraction of sp³-hybridized carbons (Fsp3) is 0.111. The number of pyridine rings is 2. The second-order valence-corrected chi connectivity index (χ2v) is 8.84. The van der Waals surface area contributed by atoms with Gasteiger partial charge in [0.2, 0.25) is 0 Å². The number of hydrogen-bond acceptors (Lipinski definition) is 5. The first kappa shape index (κ1) is 21.8. The van der Waals surface area contributed by atoms with Crippen LogP contribution in [0.15, 0.2) is 67.1 Å². The van der Waals surface area contributed by atoms with Gasteiger partial charge in [-0.1, -0.05) is 24.3 Å². The van der Waals surface area contributed by atoms with Gasteiger partial charge in [0.1, 0.15) is 17.2 Å². The number of nitrogens with one attached hydrogen (secondary N) is 3. The summed E-state index contributed by atoms with van der Waals surface area (Å²) in [6, 6.07) is 14.0. The molecular weight excluding hydrogens is 460 g/mol. The zero-order valence-corrected chi connectivity index (χ0v) is 19.5. The summed E-state index contributed by atoms with van der Waals surface area (Å²) in [5.74, 6) is -0.460. The Bertz CT molecular complexity index is 1740. The minimum absolute atomic E-state index is 0.168. The summed E-state index contributed by atoms with van der Waals surface area (Å²) >= 11 is 0. The van der Waals surface area contributed by atoms with Crippen molar-refractivity contribution >= 4 is 27.6 Å². The molecule has 3 N–H and O–H groups in total. The van der Waals surface area contributed by atoms with Crippen molar-refractivity contribution in [3.63, 3.8) is 0 Å². The van der Waals surface area contributed by atoms with Gasteiger partial charge in [-0.2, -0.15) is 5.10 Å². The number of benzene rings is 2. The summed E-state index contributed by atoms with van der Waals surface area (Å²) in [7, 11) is 0. The van der Waals surface area contributed by atoms with Gasteiger partial charge in [-0.15, -0.1) is 0 Å². The first-order chi connectivity index (χ1) is 17.5. The molecule has 0 aliphatic heterocycles. The average Bonchev–Trinajstić information content (AvgIpc) is 3.48. The molecule has 0 atom stereocenters. The molecule has 0 spiro atoms. The standard InChI is InChI=1S/C27H21F2N7/c1-14(2)32-18-10-16(11-30-12-18)24-23(29)22-21(13-31-24)35-36-26(22)27-33-20-8-4-7-19(25(20)34-27)15-5-3-6-17(28)9-15/h3-14,32H,1-2H3,(H,33,34)(H,35,36). The molecule has 0 radical (unpaired) electrons. The lowest BCUT2D eigenvalue weighted by atomic mass is 10.0. The molecule has 0 aliphatic carbocycles. The predicted octanol–water partition coefficient (Wildman–Crippen LogP) is 6.33. The molecule has 6 aromatic rings. The number of aromatic nitrogens is 6. The van der Waals surface area contributed by atoms with Crippen LogP contribution >= 0.6 is 0 Å². The summed E-state index contributed by atoms with van der Waals surface area (Å²) in [6.45, 7) is 4.03. The lowest BCUT2D eigenvalue weighted by Gasteiger charge is -2.11. The van der Waals surface area contributed by atoms with E-state index in [4.69, 9.17) is 4.98 Å². The van der Waals surface area contributed by atoms with E-state index in [2.05, 4.69) is 30.5 Å². The normalized spacial score (nSPS) is 11.6. The topological polar surface area (TPSA) is 95.2 Å². The number of aromatic amines is 2. The number of fused-ring (bicyclic) bond motifs is 2. The van der Waals surface area contributed by atoms with Crippen molar-refractivity contribution in [2.75, 3.05) is 5.32 Å².